The number of fused-ring (bicyclic) bond motifs is 1. The van der Waals surface area contributed by atoms with E-state index in [9.17, 15) is 0 Å². The predicted octanol–water partition coefficient (Wildman–Crippen LogP) is 2.71. The van der Waals surface area contributed by atoms with Gasteiger partial charge in [-0.15, -0.1) is 0 Å². The molecule has 2 heteroatoms. The number of nitrogens with two attached hydrogens (primary N) is 1. The number of hydrogen-bond donors (Lipinski definition) is 1. The zero-order valence-electron chi connectivity index (χ0n) is 9.71. The fraction of sp³-hybridized carbons (Fsp3) is 0.200. The van der Waals surface area contributed by atoms with Crippen LogP contribution in [0.3, 0.4) is 0 Å². The number of hydrogen-bond acceptors (Lipinski definition) is 2. The van der Waals surface area contributed by atoms with Gasteiger partial charge in [-0.2, -0.15) is 0 Å². The smallest absolute Gasteiger partial charge is 0.0476 e. The second-order valence-corrected chi connectivity index (χ2v) is 4.52. The van der Waals surface area contributed by atoms with Crippen LogP contribution < -0.4 is 10.6 Å². The molecular weight excluding hydrogens is 208 g/mol. The van der Waals surface area contributed by atoms with E-state index < -0.39 is 0 Å². The van der Waals surface area contributed by atoms with E-state index in [1.807, 2.05) is 6.07 Å². The lowest BCUT2D eigenvalue weighted by atomic mass is 9.96. The fourth-order valence-corrected chi connectivity index (χ4v) is 2.48. The van der Waals surface area contributed by atoms with Gasteiger partial charge >= 0.3 is 0 Å². The molecule has 0 spiro atoms. The summed E-state index contributed by atoms with van der Waals surface area (Å²) in [6.07, 6.45) is 0. The molecule has 0 saturated carbocycles. The lowest BCUT2D eigenvalue weighted by Crippen LogP contribution is -2.37. The molecule has 0 radical (unpaired) electrons. The summed E-state index contributed by atoms with van der Waals surface area (Å²) < 4.78 is 0. The molecule has 1 heterocycles. The fourth-order valence-electron chi connectivity index (χ4n) is 2.48. The molecule has 0 bridgehead atoms. The van der Waals surface area contributed by atoms with E-state index in [0.717, 1.165) is 13.1 Å². The van der Waals surface area contributed by atoms with Gasteiger partial charge in [-0.05, 0) is 23.3 Å². The maximum Gasteiger partial charge on any atom is 0.0476 e. The third-order valence-electron chi connectivity index (χ3n) is 3.35. The summed E-state index contributed by atoms with van der Waals surface area (Å²) in [5.41, 5.74) is 10.1. The average molecular weight is 224 g/mol. The topological polar surface area (TPSA) is 29.3 Å². The average Bonchev–Trinajstić information content (AvgIpc) is 2.40. The van der Waals surface area contributed by atoms with E-state index in [-0.39, 0.29) is 6.04 Å². The van der Waals surface area contributed by atoms with E-state index >= 15 is 0 Å². The second-order valence-electron chi connectivity index (χ2n) is 4.52. The van der Waals surface area contributed by atoms with Crippen LogP contribution in [0.5, 0.6) is 0 Å². The Balaban J connectivity index is 1.94. The number of rotatable bonds is 1. The molecule has 1 aliphatic rings. The zero-order valence-corrected chi connectivity index (χ0v) is 9.71. The van der Waals surface area contributed by atoms with Crippen molar-refractivity contribution in [1.29, 1.82) is 0 Å². The van der Waals surface area contributed by atoms with Crippen LogP contribution in [-0.2, 0) is 6.54 Å². The van der Waals surface area contributed by atoms with Crippen LogP contribution in [0.15, 0.2) is 54.6 Å². The summed E-state index contributed by atoms with van der Waals surface area (Å²) in [6, 6.07) is 19.0. The summed E-state index contributed by atoms with van der Waals surface area (Å²) in [5.74, 6) is 0. The predicted molar refractivity (Wildman–Crippen MR) is 70.9 cm³/mol. The maximum atomic E-state index is 6.23. The van der Waals surface area contributed by atoms with Crippen LogP contribution in [0.2, 0.25) is 0 Å². The third-order valence-corrected chi connectivity index (χ3v) is 3.35. The van der Waals surface area contributed by atoms with Gasteiger partial charge in [-0.3, -0.25) is 0 Å². The maximum absolute atomic E-state index is 6.23. The van der Waals surface area contributed by atoms with Crippen LogP contribution in [0.25, 0.3) is 0 Å². The van der Waals surface area contributed by atoms with Crippen molar-refractivity contribution in [3.8, 4) is 0 Å². The van der Waals surface area contributed by atoms with Gasteiger partial charge in [0, 0.05) is 24.8 Å². The highest BCUT2D eigenvalue weighted by Crippen LogP contribution is 2.28. The largest absolute Gasteiger partial charge is 0.365 e. The van der Waals surface area contributed by atoms with E-state index in [4.69, 9.17) is 5.73 Å². The second kappa shape index (κ2) is 4.22. The molecule has 17 heavy (non-hydrogen) atoms. The standard InChI is InChI=1S/C15H16N2/c16-15-11-17(13-7-2-1-3-8-13)10-12-6-4-5-9-14(12)15/h1-9,15H,10-11,16H2/t15-/m1/s1. The first kappa shape index (κ1) is 10.4. The SMILES string of the molecule is N[C@@H]1CN(c2ccccc2)Cc2ccccc21. The van der Waals surface area contributed by atoms with Gasteiger partial charge in [0.05, 0.1) is 0 Å². The lowest BCUT2D eigenvalue weighted by Gasteiger charge is -2.34. The Morgan fingerprint density at radius 1 is 0.941 bits per heavy atom. The quantitative estimate of drug-likeness (QED) is 0.807. The minimum absolute atomic E-state index is 0.111. The third kappa shape index (κ3) is 1.92. The van der Waals surface area contributed by atoms with Crippen LogP contribution in [0.1, 0.15) is 17.2 Å². The van der Waals surface area contributed by atoms with Crippen molar-refractivity contribution < 1.29 is 0 Å². The Bertz CT molecular complexity index is 507. The monoisotopic (exact) mass is 224 g/mol. The van der Waals surface area contributed by atoms with Crippen molar-refractivity contribution in [1.82, 2.24) is 0 Å². The summed E-state index contributed by atoms with van der Waals surface area (Å²) in [5, 5.41) is 0. The number of anilines is 1. The number of nitrogens with zero attached hydrogens (tertiary/aromatic N) is 1. The van der Waals surface area contributed by atoms with Crippen molar-refractivity contribution in [3.05, 3.63) is 65.7 Å². The van der Waals surface area contributed by atoms with Crippen molar-refractivity contribution in [2.75, 3.05) is 11.4 Å². The highest BCUT2D eigenvalue weighted by molar-refractivity contribution is 5.50. The first-order valence-electron chi connectivity index (χ1n) is 5.98. The van der Waals surface area contributed by atoms with Crippen LogP contribution in [-0.4, -0.2) is 6.54 Å². The van der Waals surface area contributed by atoms with E-state index in [2.05, 4.69) is 53.4 Å². The molecule has 0 amide bonds. The molecule has 0 saturated heterocycles. The molecule has 1 atom stereocenters. The van der Waals surface area contributed by atoms with Gasteiger partial charge in [0.25, 0.3) is 0 Å². The van der Waals surface area contributed by atoms with Crippen LogP contribution in [0, 0.1) is 0 Å². The summed E-state index contributed by atoms with van der Waals surface area (Å²) in [7, 11) is 0. The first-order valence-corrected chi connectivity index (χ1v) is 5.98. The Labute approximate surface area is 102 Å². The van der Waals surface area contributed by atoms with Crippen molar-refractivity contribution in [3.63, 3.8) is 0 Å². The molecule has 0 unspecified atom stereocenters. The molecule has 2 aromatic rings. The number of para-hydroxylation sites is 1. The zero-order chi connectivity index (χ0) is 11.7. The molecule has 3 rings (SSSR count). The molecule has 0 fully saturated rings. The first-order chi connectivity index (χ1) is 8.34. The Kier molecular flexibility index (Phi) is 2.57. The highest BCUT2D eigenvalue weighted by atomic mass is 15.1. The van der Waals surface area contributed by atoms with Crippen LogP contribution in [0.4, 0.5) is 5.69 Å². The molecule has 0 aliphatic carbocycles. The molecule has 0 aromatic heterocycles. The van der Waals surface area contributed by atoms with E-state index in [1.54, 1.807) is 0 Å². The summed E-state index contributed by atoms with van der Waals surface area (Å²) >= 11 is 0. The Morgan fingerprint density at radius 2 is 1.65 bits per heavy atom. The Hall–Kier alpha value is -1.80. The van der Waals surface area contributed by atoms with Crippen LogP contribution >= 0.6 is 0 Å². The molecule has 2 N–H and O–H groups in total. The van der Waals surface area contributed by atoms with Gasteiger partial charge in [0.15, 0.2) is 0 Å². The van der Waals surface area contributed by atoms with Crippen molar-refractivity contribution >= 4 is 5.69 Å². The minimum atomic E-state index is 0.111. The molecule has 86 valence electrons. The highest BCUT2D eigenvalue weighted by Gasteiger charge is 2.21. The lowest BCUT2D eigenvalue weighted by molar-refractivity contribution is 0.619. The van der Waals surface area contributed by atoms with Crippen molar-refractivity contribution in [2.24, 2.45) is 5.73 Å². The molecular formula is C15H16N2. The normalized spacial score (nSPS) is 18.9. The van der Waals surface area contributed by atoms with Crippen molar-refractivity contribution in [2.45, 2.75) is 12.6 Å². The van der Waals surface area contributed by atoms with Gasteiger partial charge in [-0.1, -0.05) is 42.5 Å². The summed E-state index contributed by atoms with van der Waals surface area (Å²) in [4.78, 5) is 2.34. The van der Waals surface area contributed by atoms with Gasteiger partial charge in [0.2, 0.25) is 0 Å². The molecule has 2 aromatic carbocycles. The number of benzene rings is 2. The van der Waals surface area contributed by atoms with Gasteiger partial charge in [0.1, 0.15) is 0 Å². The Morgan fingerprint density at radius 3 is 2.47 bits per heavy atom. The van der Waals surface area contributed by atoms with E-state index in [1.165, 1.54) is 16.8 Å². The minimum Gasteiger partial charge on any atom is -0.365 e. The van der Waals surface area contributed by atoms with Gasteiger partial charge < -0.3 is 10.6 Å². The summed E-state index contributed by atoms with van der Waals surface area (Å²) in [6.45, 7) is 1.84. The molecule has 1 aliphatic heterocycles. The van der Waals surface area contributed by atoms with E-state index in [0.29, 0.717) is 0 Å². The molecule has 2 nitrogen and oxygen atoms in total. The van der Waals surface area contributed by atoms with Gasteiger partial charge in [-0.25, -0.2) is 0 Å².